The van der Waals surface area contributed by atoms with Crippen LogP contribution >= 0.6 is 11.6 Å². The van der Waals surface area contributed by atoms with Crippen LogP contribution in [0.1, 0.15) is 35.0 Å². The molecular weight excluding hydrogens is 420 g/mol. The molecule has 0 aliphatic rings. The van der Waals surface area contributed by atoms with Crippen LogP contribution in [0.3, 0.4) is 0 Å². The summed E-state index contributed by atoms with van der Waals surface area (Å²) in [6.45, 7) is 6.05. The van der Waals surface area contributed by atoms with Crippen molar-refractivity contribution in [2.45, 2.75) is 19.8 Å². The average Bonchev–Trinajstić information content (AvgIpc) is 2.80. The van der Waals surface area contributed by atoms with Crippen molar-refractivity contribution in [2.24, 2.45) is 0 Å². The van der Waals surface area contributed by atoms with Crippen LogP contribution in [0.25, 0.3) is 16.8 Å². The molecule has 4 nitrogen and oxygen atoms in total. The molecule has 0 radical (unpaired) electrons. The second-order valence-electron chi connectivity index (χ2n) is 7.38. The number of rotatable bonds is 7. The van der Waals surface area contributed by atoms with Gasteiger partial charge in [-0.2, -0.15) is 0 Å². The molecule has 1 aromatic heterocycles. The number of amides is 1. The van der Waals surface area contributed by atoms with Gasteiger partial charge in [-0.05, 0) is 66.4 Å². The van der Waals surface area contributed by atoms with Gasteiger partial charge in [-0.3, -0.25) is 9.78 Å². The van der Waals surface area contributed by atoms with Gasteiger partial charge in [-0.25, -0.2) is 0 Å². The summed E-state index contributed by atoms with van der Waals surface area (Å²) in [5.74, 6) is 1.24. The van der Waals surface area contributed by atoms with Crippen molar-refractivity contribution in [3.05, 3.63) is 101 Å². The van der Waals surface area contributed by atoms with Crippen molar-refractivity contribution < 1.29 is 9.53 Å². The van der Waals surface area contributed by atoms with Gasteiger partial charge in [0.15, 0.2) is 0 Å². The Kier molecular flexibility index (Phi) is 6.52. The highest BCUT2D eigenvalue weighted by Crippen LogP contribution is 2.32. The largest absolute Gasteiger partial charge is 0.457 e. The lowest BCUT2D eigenvalue weighted by molar-refractivity contribution is 0.102. The molecule has 0 fully saturated rings. The molecule has 0 unspecified atom stereocenters. The fourth-order valence-corrected chi connectivity index (χ4v) is 3.72. The SMILES string of the molecule is C=Cc1c(Oc2ccc3c(NC(=O)c4ccc(Cl)cc4)cccc3c2)ccnc1CCC. The third-order valence-corrected chi connectivity index (χ3v) is 5.41. The van der Waals surface area contributed by atoms with E-state index in [4.69, 9.17) is 16.3 Å². The minimum Gasteiger partial charge on any atom is -0.457 e. The van der Waals surface area contributed by atoms with Crippen molar-refractivity contribution in [2.75, 3.05) is 5.32 Å². The van der Waals surface area contributed by atoms with E-state index in [-0.39, 0.29) is 5.91 Å². The molecule has 160 valence electrons. The smallest absolute Gasteiger partial charge is 0.255 e. The maximum Gasteiger partial charge on any atom is 0.255 e. The van der Waals surface area contributed by atoms with Crippen LogP contribution in [0, 0.1) is 0 Å². The highest BCUT2D eigenvalue weighted by atomic mass is 35.5. The highest BCUT2D eigenvalue weighted by Gasteiger charge is 2.11. The summed E-state index contributed by atoms with van der Waals surface area (Å²) in [6, 6.07) is 20.2. The van der Waals surface area contributed by atoms with Crippen LogP contribution in [0.5, 0.6) is 11.5 Å². The second kappa shape index (κ2) is 9.67. The summed E-state index contributed by atoms with van der Waals surface area (Å²) < 4.78 is 6.19. The van der Waals surface area contributed by atoms with Crippen molar-refractivity contribution in [3.8, 4) is 11.5 Å². The lowest BCUT2D eigenvalue weighted by Gasteiger charge is -2.13. The standard InChI is InChI=1S/C27H23ClN2O2/c1-3-6-24-22(4-2)26(15-16-29-24)32-21-13-14-23-19(17-21)7-5-8-25(23)30-27(31)18-9-11-20(28)12-10-18/h4-5,7-17H,2-3,6H2,1H3,(H,30,31). The number of carbonyl (C=O) groups is 1. The zero-order valence-electron chi connectivity index (χ0n) is 17.8. The van der Waals surface area contributed by atoms with Gasteiger partial charge in [-0.15, -0.1) is 0 Å². The fourth-order valence-electron chi connectivity index (χ4n) is 3.60. The molecule has 32 heavy (non-hydrogen) atoms. The molecule has 0 saturated carbocycles. The Bertz CT molecular complexity index is 1280. The number of aromatic nitrogens is 1. The van der Waals surface area contributed by atoms with Crippen LogP contribution in [-0.4, -0.2) is 10.9 Å². The van der Waals surface area contributed by atoms with Crippen LogP contribution in [0.4, 0.5) is 5.69 Å². The number of fused-ring (bicyclic) bond motifs is 1. The van der Waals surface area contributed by atoms with E-state index in [1.807, 2.05) is 42.5 Å². The molecule has 1 N–H and O–H groups in total. The summed E-state index contributed by atoms with van der Waals surface area (Å²) in [5, 5.41) is 5.46. The number of benzene rings is 3. The van der Waals surface area contributed by atoms with Crippen molar-refractivity contribution in [1.29, 1.82) is 0 Å². The Hall–Kier alpha value is -3.63. The average molecular weight is 443 g/mol. The van der Waals surface area contributed by atoms with Crippen LogP contribution < -0.4 is 10.1 Å². The molecule has 1 heterocycles. The van der Waals surface area contributed by atoms with Crippen molar-refractivity contribution in [1.82, 2.24) is 4.98 Å². The number of halogens is 1. The van der Waals surface area contributed by atoms with Gasteiger partial charge < -0.3 is 10.1 Å². The van der Waals surface area contributed by atoms with Gasteiger partial charge in [0, 0.05) is 33.4 Å². The second-order valence-corrected chi connectivity index (χ2v) is 7.81. The van der Waals surface area contributed by atoms with Crippen LogP contribution in [0.15, 0.2) is 79.5 Å². The van der Waals surface area contributed by atoms with Gasteiger partial charge in [0.25, 0.3) is 5.91 Å². The molecule has 0 bridgehead atoms. The minimum absolute atomic E-state index is 0.189. The normalized spacial score (nSPS) is 10.7. The van der Waals surface area contributed by atoms with E-state index in [0.717, 1.165) is 46.3 Å². The van der Waals surface area contributed by atoms with E-state index in [1.54, 1.807) is 36.5 Å². The number of aryl methyl sites for hydroxylation is 1. The lowest BCUT2D eigenvalue weighted by atomic mass is 10.1. The van der Waals surface area contributed by atoms with Crippen LogP contribution in [-0.2, 0) is 6.42 Å². The summed E-state index contributed by atoms with van der Waals surface area (Å²) >= 11 is 5.92. The Morgan fingerprint density at radius 3 is 2.69 bits per heavy atom. The molecule has 0 atom stereocenters. The molecule has 4 aromatic rings. The predicted octanol–water partition coefficient (Wildman–Crippen LogP) is 7.53. The Balaban J connectivity index is 1.61. The number of hydrogen-bond donors (Lipinski definition) is 1. The zero-order valence-corrected chi connectivity index (χ0v) is 18.5. The fraction of sp³-hybridized carbons (Fsp3) is 0.111. The summed E-state index contributed by atoms with van der Waals surface area (Å²) in [6.07, 6.45) is 5.42. The first-order valence-electron chi connectivity index (χ1n) is 10.5. The predicted molar refractivity (Wildman–Crippen MR) is 132 cm³/mol. The number of ether oxygens (including phenoxy) is 1. The molecule has 0 saturated heterocycles. The van der Waals surface area contributed by atoms with E-state index in [1.165, 1.54) is 0 Å². The molecule has 0 aliphatic carbocycles. The molecule has 1 amide bonds. The number of nitrogens with one attached hydrogen (secondary N) is 1. The molecule has 0 spiro atoms. The third-order valence-electron chi connectivity index (χ3n) is 5.16. The number of hydrogen-bond acceptors (Lipinski definition) is 3. The van der Waals surface area contributed by atoms with E-state index in [2.05, 4.69) is 23.8 Å². The number of nitrogens with zero attached hydrogens (tertiary/aromatic N) is 1. The van der Waals surface area contributed by atoms with Gasteiger partial charge in [0.1, 0.15) is 11.5 Å². The highest BCUT2D eigenvalue weighted by molar-refractivity contribution is 6.30. The third kappa shape index (κ3) is 4.66. The lowest BCUT2D eigenvalue weighted by Crippen LogP contribution is -2.11. The molecular formula is C27H23ClN2O2. The van der Waals surface area contributed by atoms with Gasteiger partial charge >= 0.3 is 0 Å². The maximum absolute atomic E-state index is 12.6. The first-order chi connectivity index (χ1) is 15.6. The quantitative estimate of drug-likeness (QED) is 0.322. The van der Waals surface area contributed by atoms with E-state index >= 15 is 0 Å². The number of anilines is 1. The summed E-state index contributed by atoms with van der Waals surface area (Å²) in [5.41, 5.74) is 3.17. The van der Waals surface area contributed by atoms with Crippen molar-refractivity contribution in [3.63, 3.8) is 0 Å². The topological polar surface area (TPSA) is 51.2 Å². The Morgan fingerprint density at radius 2 is 1.94 bits per heavy atom. The summed E-state index contributed by atoms with van der Waals surface area (Å²) in [7, 11) is 0. The van der Waals surface area contributed by atoms with Gasteiger partial charge in [0.05, 0.1) is 5.69 Å². The Labute approximate surface area is 192 Å². The monoisotopic (exact) mass is 442 g/mol. The maximum atomic E-state index is 12.6. The Morgan fingerprint density at radius 1 is 1.12 bits per heavy atom. The van der Waals surface area contributed by atoms with Crippen molar-refractivity contribution >= 4 is 40.0 Å². The van der Waals surface area contributed by atoms with E-state index in [0.29, 0.717) is 16.3 Å². The van der Waals surface area contributed by atoms with E-state index in [9.17, 15) is 4.79 Å². The van der Waals surface area contributed by atoms with E-state index < -0.39 is 0 Å². The molecule has 3 aromatic carbocycles. The number of pyridine rings is 1. The first kappa shape index (κ1) is 21.6. The zero-order chi connectivity index (χ0) is 22.5. The number of carbonyl (C=O) groups excluding carboxylic acids is 1. The first-order valence-corrected chi connectivity index (χ1v) is 10.8. The van der Waals surface area contributed by atoms with Gasteiger partial charge in [-0.1, -0.05) is 49.7 Å². The molecule has 0 aliphatic heterocycles. The van der Waals surface area contributed by atoms with Gasteiger partial charge in [0.2, 0.25) is 0 Å². The van der Waals surface area contributed by atoms with Crippen LogP contribution in [0.2, 0.25) is 5.02 Å². The molecule has 5 heteroatoms. The summed E-state index contributed by atoms with van der Waals surface area (Å²) in [4.78, 5) is 17.1. The molecule has 4 rings (SSSR count). The minimum atomic E-state index is -0.189.